The van der Waals surface area contributed by atoms with E-state index < -0.39 is 0 Å². The zero-order valence-electron chi connectivity index (χ0n) is 14.5. The van der Waals surface area contributed by atoms with Crippen molar-refractivity contribution in [2.75, 3.05) is 13.2 Å². The van der Waals surface area contributed by atoms with E-state index in [1.807, 2.05) is 18.2 Å². The molecule has 0 fully saturated rings. The van der Waals surface area contributed by atoms with Gasteiger partial charge in [0.2, 0.25) is 0 Å². The van der Waals surface area contributed by atoms with E-state index in [0.29, 0.717) is 6.61 Å². The van der Waals surface area contributed by atoms with Gasteiger partial charge in [-0.1, -0.05) is 11.8 Å². The molecule has 1 aliphatic rings. The number of rotatable bonds is 2. The molecular formula is C20H23N3O. The van der Waals surface area contributed by atoms with Crippen molar-refractivity contribution in [3.05, 3.63) is 53.6 Å². The van der Waals surface area contributed by atoms with E-state index in [4.69, 9.17) is 4.74 Å². The van der Waals surface area contributed by atoms with E-state index in [1.165, 1.54) is 5.56 Å². The minimum atomic E-state index is -0.0000245. The molecule has 0 spiro atoms. The summed E-state index contributed by atoms with van der Waals surface area (Å²) in [5.41, 5.74) is 2.20. The Morgan fingerprint density at radius 3 is 2.75 bits per heavy atom. The third-order valence-corrected chi connectivity index (χ3v) is 3.69. The van der Waals surface area contributed by atoms with E-state index in [9.17, 15) is 0 Å². The molecule has 124 valence electrons. The average molecular weight is 321 g/mol. The smallest absolute Gasteiger partial charge is 0.142 e. The van der Waals surface area contributed by atoms with Gasteiger partial charge >= 0.3 is 0 Å². The number of hydrogen-bond acceptors (Lipinski definition) is 4. The largest absolute Gasteiger partial charge is 0.492 e. The summed E-state index contributed by atoms with van der Waals surface area (Å²) in [5, 5.41) is 0. The Morgan fingerprint density at radius 1 is 1.21 bits per heavy atom. The highest BCUT2D eigenvalue weighted by molar-refractivity contribution is 5.45. The van der Waals surface area contributed by atoms with E-state index in [0.717, 1.165) is 36.8 Å². The molecule has 0 radical (unpaired) electrons. The van der Waals surface area contributed by atoms with Gasteiger partial charge in [0.15, 0.2) is 0 Å². The van der Waals surface area contributed by atoms with E-state index in [-0.39, 0.29) is 5.41 Å². The molecule has 0 aliphatic carbocycles. The minimum Gasteiger partial charge on any atom is -0.492 e. The van der Waals surface area contributed by atoms with Gasteiger partial charge in [0, 0.05) is 42.0 Å². The Balaban J connectivity index is 1.79. The maximum atomic E-state index is 5.89. The van der Waals surface area contributed by atoms with Gasteiger partial charge in [0.05, 0.1) is 6.54 Å². The predicted molar refractivity (Wildman–Crippen MR) is 94.4 cm³/mol. The van der Waals surface area contributed by atoms with Crippen LogP contribution >= 0.6 is 0 Å². The first-order chi connectivity index (χ1) is 11.5. The van der Waals surface area contributed by atoms with E-state index in [2.05, 4.69) is 53.5 Å². The quantitative estimate of drug-likeness (QED) is 0.796. The number of hydrogen-bond donors (Lipinski definition) is 0. The van der Waals surface area contributed by atoms with Crippen LogP contribution in [0.1, 0.15) is 37.7 Å². The Morgan fingerprint density at radius 2 is 2.00 bits per heavy atom. The first-order valence-electron chi connectivity index (χ1n) is 8.27. The number of aromatic nitrogens is 2. The van der Waals surface area contributed by atoms with Crippen LogP contribution in [0.4, 0.5) is 0 Å². The molecule has 0 atom stereocenters. The second-order valence-electron chi connectivity index (χ2n) is 7.05. The van der Waals surface area contributed by atoms with Crippen molar-refractivity contribution < 1.29 is 4.74 Å². The fourth-order valence-electron chi connectivity index (χ4n) is 2.53. The summed E-state index contributed by atoms with van der Waals surface area (Å²) < 4.78 is 5.89. The molecule has 2 heterocycles. The standard InChI is InChI=1S/C20H23N3O/c1-20(2,3)8-7-16-5-6-18-17(13-16)14-23(11-12-24-18)15-19-21-9-4-10-22-19/h4-6,9-10,13H,11-12,14-15H2,1-3H3. The molecule has 1 aliphatic heterocycles. The monoisotopic (exact) mass is 321 g/mol. The van der Waals surface area contributed by atoms with Crippen molar-refractivity contribution in [3.63, 3.8) is 0 Å². The van der Waals surface area contributed by atoms with Crippen LogP contribution in [0.3, 0.4) is 0 Å². The second-order valence-corrected chi connectivity index (χ2v) is 7.05. The molecule has 1 aromatic carbocycles. The zero-order chi connectivity index (χ0) is 17.0. The number of ether oxygens (including phenoxy) is 1. The van der Waals surface area contributed by atoms with Gasteiger partial charge in [-0.3, -0.25) is 4.90 Å². The van der Waals surface area contributed by atoms with E-state index in [1.54, 1.807) is 12.4 Å². The lowest BCUT2D eigenvalue weighted by molar-refractivity contribution is 0.215. The van der Waals surface area contributed by atoms with Gasteiger partial charge in [-0.15, -0.1) is 0 Å². The molecule has 2 aromatic rings. The van der Waals surface area contributed by atoms with Gasteiger partial charge in [-0.2, -0.15) is 0 Å². The Hall–Kier alpha value is -2.38. The van der Waals surface area contributed by atoms with Crippen LogP contribution in [-0.4, -0.2) is 28.0 Å². The Bertz CT molecular complexity index is 754. The summed E-state index contributed by atoms with van der Waals surface area (Å²) in [6, 6.07) is 8.04. The lowest BCUT2D eigenvalue weighted by atomic mass is 9.97. The van der Waals surface area contributed by atoms with Crippen molar-refractivity contribution in [1.82, 2.24) is 14.9 Å². The van der Waals surface area contributed by atoms with Crippen molar-refractivity contribution in [2.24, 2.45) is 5.41 Å². The van der Waals surface area contributed by atoms with Crippen LogP contribution in [0, 0.1) is 17.3 Å². The first kappa shape index (κ1) is 16.5. The van der Waals surface area contributed by atoms with Gasteiger partial charge in [0.25, 0.3) is 0 Å². The lowest BCUT2D eigenvalue weighted by Gasteiger charge is -2.18. The molecule has 0 saturated carbocycles. The van der Waals surface area contributed by atoms with Gasteiger partial charge in [0.1, 0.15) is 18.2 Å². The number of benzene rings is 1. The van der Waals surface area contributed by atoms with Gasteiger partial charge in [-0.25, -0.2) is 9.97 Å². The third kappa shape index (κ3) is 4.56. The van der Waals surface area contributed by atoms with Crippen LogP contribution in [0.15, 0.2) is 36.7 Å². The number of fused-ring (bicyclic) bond motifs is 1. The zero-order valence-corrected chi connectivity index (χ0v) is 14.5. The van der Waals surface area contributed by atoms with E-state index >= 15 is 0 Å². The molecule has 4 heteroatoms. The molecule has 4 nitrogen and oxygen atoms in total. The van der Waals surface area contributed by atoms with Gasteiger partial charge in [-0.05, 0) is 45.0 Å². The van der Waals surface area contributed by atoms with Crippen molar-refractivity contribution in [1.29, 1.82) is 0 Å². The maximum absolute atomic E-state index is 5.89. The van der Waals surface area contributed by atoms with Crippen molar-refractivity contribution >= 4 is 0 Å². The highest BCUT2D eigenvalue weighted by atomic mass is 16.5. The fraction of sp³-hybridized carbons (Fsp3) is 0.400. The normalized spacial score (nSPS) is 14.8. The summed E-state index contributed by atoms with van der Waals surface area (Å²) in [4.78, 5) is 10.9. The average Bonchev–Trinajstić information content (AvgIpc) is 2.74. The lowest BCUT2D eigenvalue weighted by Crippen LogP contribution is -2.26. The second kappa shape index (κ2) is 7.02. The topological polar surface area (TPSA) is 38.2 Å². The number of nitrogens with zero attached hydrogens (tertiary/aromatic N) is 3. The molecule has 0 saturated heterocycles. The van der Waals surface area contributed by atoms with Crippen molar-refractivity contribution in [3.8, 4) is 17.6 Å². The first-order valence-corrected chi connectivity index (χ1v) is 8.27. The molecule has 0 bridgehead atoms. The van der Waals surface area contributed by atoms with Crippen LogP contribution in [0.2, 0.25) is 0 Å². The van der Waals surface area contributed by atoms with Crippen molar-refractivity contribution in [2.45, 2.75) is 33.9 Å². The molecule has 0 N–H and O–H groups in total. The molecule has 24 heavy (non-hydrogen) atoms. The molecular weight excluding hydrogens is 298 g/mol. The maximum Gasteiger partial charge on any atom is 0.142 e. The highest BCUT2D eigenvalue weighted by Crippen LogP contribution is 2.25. The van der Waals surface area contributed by atoms with Crippen LogP contribution in [-0.2, 0) is 13.1 Å². The van der Waals surface area contributed by atoms with Crippen LogP contribution in [0.25, 0.3) is 0 Å². The van der Waals surface area contributed by atoms with Crippen LogP contribution in [0.5, 0.6) is 5.75 Å². The highest BCUT2D eigenvalue weighted by Gasteiger charge is 2.16. The summed E-state index contributed by atoms with van der Waals surface area (Å²) in [7, 11) is 0. The predicted octanol–water partition coefficient (Wildman–Crippen LogP) is 3.27. The minimum absolute atomic E-state index is 0.0000245. The Kier molecular flexibility index (Phi) is 4.82. The molecule has 0 unspecified atom stereocenters. The Labute approximate surface area is 143 Å². The summed E-state index contributed by atoms with van der Waals surface area (Å²) in [6.45, 7) is 9.43. The molecule has 3 rings (SSSR count). The molecule has 1 aromatic heterocycles. The molecule has 0 amide bonds. The third-order valence-electron chi connectivity index (χ3n) is 3.69. The summed E-state index contributed by atoms with van der Waals surface area (Å²) >= 11 is 0. The fourth-order valence-corrected chi connectivity index (χ4v) is 2.53. The SMILES string of the molecule is CC(C)(C)C#Cc1ccc2c(c1)CN(Cc1ncccn1)CCO2. The summed E-state index contributed by atoms with van der Waals surface area (Å²) in [5.74, 6) is 8.35. The summed E-state index contributed by atoms with van der Waals surface area (Å²) in [6.07, 6.45) is 3.57. The van der Waals surface area contributed by atoms with Gasteiger partial charge < -0.3 is 4.74 Å². The van der Waals surface area contributed by atoms with Crippen LogP contribution < -0.4 is 4.74 Å².